The van der Waals surface area contributed by atoms with Crippen LogP contribution in [-0.2, 0) is 12.7 Å². The third-order valence-electron chi connectivity index (χ3n) is 5.07. The summed E-state index contributed by atoms with van der Waals surface area (Å²) in [5, 5.41) is 7.58. The molecule has 1 aromatic heterocycles. The summed E-state index contributed by atoms with van der Waals surface area (Å²) in [6, 6.07) is 6.78. The summed E-state index contributed by atoms with van der Waals surface area (Å²) in [4.78, 5) is 30.9. The number of hydrogen-bond acceptors (Lipinski definition) is 5. The van der Waals surface area contributed by atoms with E-state index in [9.17, 15) is 27.2 Å². The van der Waals surface area contributed by atoms with Gasteiger partial charge in [-0.2, -0.15) is 13.2 Å². The molecule has 0 atom stereocenters. The zero-order valence-electron chi connectivity index (χ0n) is 18.7. The van der Waals surface area contributed by atoms with Crippen LogP contribution in [0.2, 0.25) is 0 Å². The molecule has 0 unspecified atom stereocenters. The second kappa shape index (κ2) is 11.1. The van der Waals surface area contributed by atoms with E-state index in [0.29, 0.717) is 25.2 Å². The molecule has 35 heavy (non-hydrogen) atoms. The highest BCUT2D eigenvalue weighted by molar-refractivity contribution is 5.98. The first-order chi connectivity index (χ1) is 16.6. The Morgan fingerprint density at radius 3 is 2.57 bits per heavy atom. The van der Waals surface area contributed by atoms with Crippen LogP contribution in [0.4, 0.5) is 34.0 Å². The highest BCUT2D eigenvalue weighted by Gasteiger charge is 2.32. The van der Waals surface area contributed by atoms with Crippen molar-refractivity contribution in [2.45, 2.75) is 26.1 Å². The summed E-state index contributed by atoms with van der Waals surface area (Å²) in [6.45, 7) is 2.80. The van der Waals surface area contributed by atoms with Gasteiger partial charge in [0.25, 0.3) is 5.56 Å². The summed E-state index contributed by atoms with van der Waals surface area (Å²) >= 11 is 0. The maximum atomic E-state index is 14.4. The molecule has 3 aromatic rings. The number of nitrogens with one attached hydrogen (secondary N) is 4. The van der Waals surface area contributed by atoms with E-state index in [0.717, 1.165) is 18.7 Å². The molecule has 0 radical (unpaired) electrons. The maximum absolute atomic E-state index is 14.4. The topological polar surface area (TPSA) is 125 Å². The Morgan fingerprint density at radius 2 is 1.91 bits per heavy atom. The van der Waals surface area contributed by atoms with Gasteiger partial charge in [-0.1, -0.05) is 18.2 Å². The number of aromatic nitrogens is 2. The van der Waals surface area contributed by atoms with Gasteiger partial charge in [-0.3, -0.25) is 15.1 Å². The molecule has 2 amide bonds. The van der Waals surface area contributed by atoms with Gasteiger partial charge in [0.15, 0.2) is 0 Å². The van der Waals surface area contributed by atoms with Crippen molar-refractivity contribution in [3.63, 3.8) is 0 Å². The first-order valence-electron chi connectivity index (χ1n) is 10.6. The highest BCUT2D eigenvalue weighted by atomic mass is 19.4. The number of alkyl halides is 3. The van der Waals surface area contributed by atoms with E-state index < -0.39 is 29.1 Å². The van der Waals surface area contributed by atoms with Crippen molar-refractivity contribution in [1.29, 1.82) is 0 Å². The van der Waals surface area contributed by atoms with Gasteiger partial charge in [-0.25, -0.2) is 14.2 Å². The Morgan fingerprint density at radius 1 is 1.14 bits per heavy atom. The number of carbonyl (C=O) groups is 1. The van der Waals surface area contributed by atoms with Crippen LogP contribution in [0, 0.1) is 12.7 Å². The third kappa shape index (κ3) is 6.87. The number of rotatable bonds is 8. The number of nitrogens with zero attached hydrogens (tertiary/aromatic N) is 1. The van der Waals surface area contributed by atoms with Gasteiger partial charge in [0.05, 0.1) is 11.1 Å². The van der Waals surface area contributed by atoms with Crippen molar-refractivity contribution in [3.05, 3.63) is 75.5 Å². The molecule has 2 aromatic carbocycles. The number of nitrogens with two attached hydrogens (primary N) is 1. The number of H-pyrrole nitrogens is 1. The Hall–Kier alpha value is -3.77. The number of aromatic amines is 1. The van der Waals surface area contributed by atoms with Crippen molar-refractivity contribution in [2.24, 2.45) is 5.73 Å². The van der Waals surface area contributed by atoms with E-state index in [-0.39, 0.29) is 28.3 Å². The molecule has 0 aliphatic carbocycles. The largest absolute Gasteiger partial charge is 0.416 e. The van der Waals surface area contributed by atoms with Gasteiger partial charge in [0.1, 0.15) is 5.82 Å². The van der Waals surface area contributed by atoms with Gasteiger partial charge >= 0.3 is 12.2 Å². The molecule has 0 saturated carbocycles. The van der Waals surface area contributed by atoms with Gasteiger partial charge < -0.3 is 16.4 Å². The van der Waals surface area contributed by atoms with Crippen LogP contribution in [0.25, 0.3) is 11.1 Å². The van der Waals surface area contributed by atoms with Crippen LogP contribution in [-0.4, -0.2) is 29.1 Å². The molecular formula is C23H24F4N6O2. The minimum atomic E-state index is -4.57. The predicted molar refractivity (Wildman–Crippen MR) is 124 cm³/mol. The number of benzene rings is 2. The standard InChI is InChI=1S/C23H24F4N6O2/c1-13-3-6-16(10-18(13)23(25,26)27)31-22(35)33-21-30-12-17(20(34)32-21)14-4-5-15(19(24)9-14)11-29-8-2-7-28/h3-6,9-10,12,29H,2,7-8,11,28H2,1H3,(H3,30,31,32,33,34,35). The fourth-order valence-electron chi connectivity index (χ4n) is 3.25. The van der Waals surface area contributed by atoms with Crippen LogP contribution < -0.4 is 27.2 Å². The second-order valence-corrected chi connectivity index (χ2v) is 7.71. The first kappa shape index (κ1) is 25.8. The number of hydrogen-bond donors (Lipinski definition) is 5. The molecule has 0 saturated heterocycles. The summed E-state index contributed by atoms with van der Waals surface area (Å²) in [5.41, 5.74) is 4.61. The second-order valence-electron chi connectivity index (χ2n) is 7.71. The molecule has 12 heteroatoms. The Balaban J connectivity index is 1.68. The lowest BCUT2D eigenvalue weighted by atomic mass is 10.1. The number of amides is 2. The van der Waals surface area contributed by atoms with Crippen molar-refractivity contribution < 1.29 is 22.4 Å². The number of aryl methyl sites for hydroxylation is 1. The number of halogens is 4. The van der Waals surface area contributed by atoms with Crippen molar-refractivity contribution in [2.75, 3.05) is 23.7 Å². The smallest absolute Gasteiger partial charge is 0.330 e. The lowest BCUT2D eigenvalue weighted by Gasteiger charge is -2.13. The fourth-order valence-corrected chi connectivity index (χ4v) is 3.25. The Bertz CT molecular complexity index is 1260. The Kier molecular flexibility index (Phi) is 8.20. The summed E-state index contributed by atoms with van der Waals surface area (Å²) in [5.74, 6) is -0.736. The average molecular weight is 492 g/mol. The lowest BCUT2D eigenvalue weighted by molar-refractivity contribution is -0.138. The number of urea groups is 1. The SMILES string of the molecule is Cc1ccc(NC(=O)Nc2ncc(-c3ccc(CNCCCN)c(F)c3)c(=O)[nH]2)cc1C(F)(F)F. The van der Waals surface area contributed by atoms with Crippen LogP contribution in [0.5, 0.6) is 0 Å². The van der Waals surface area contributed by atoms with Crippen LogP contribution in [0.1, 0.15) is 23.1 Å². The predicted octanol–water partition coefficient (Wildman–Crippen LogP) is 3.99. The van der Waals surface area contributed by atoms with E-state index in [1.54, 1.807) is 12.1 Å². The Labute approximate surface area is 198 Å². The van der Waals surface area contributed by atoms with Gasteiger partial charge in [-0.15, -0.1) is 0 Å². The molecule has 6 N–H and O–H groups in total. The van der Waals surface area contributed by atoms with Crippen molar-refractivity contribution >= 4 is 17.7 Å². The summed E-state index contributed by atoms with van der Waals surface area (Å²) < 4.78 is 53.6. The lowest BCUT2D eigenvalue weighted by Crippen LogP contribution is -2.23. The zero-order chi connectivity index (χ0) is 25.6. The molecule has 0 spiro atoms. The van der Waals surface area contributed by atoms with E-state index in [1.807, 2.05) is 0 Å². The number of anilines is 2. The summed E-state index contributed by atoms with van der Waals surface area (Å²) in [6.07, 6.45) is -2.64. The third-order valence-corrected chi connectivity index (χ3v) is 5.07. The normalized spacial score (nSPS) is 11.4. The van der Waals surface area contributed by atoms with E-state index >= 15 is 0 Å². The van der Waals surface area contributed by atoms with E-state index in [4.69, 9.17) is 5.73 Å². The molecule has 8 nitrogen and oxygen atoms in total. The van der Waals surface area contributed by atoms with Crippen LogP contribution >= 0.6 is 0 Å². The monoisotopic (exact) mass is 492 g/mol. The average Bonchev–Trinajstić information content (AvgIpc) is 2.78. The summed E-state index contributed by atoms with van der Waals surface area (Å²) in [7, 11) is 0. The van der Waals surface area contributed by atoms with Gasteiger partial charge in [0.2, 0.25) is 5.95 Å². The maximum Gasteiger partial charge on any atom is 0.416 e. The first-order valence-corrected chi connectivity index (χ1v) is 10.6. The molecule has 0 aliphatic rings. The molecular weight excluding hydrogens is 468 g/mol. The minimum absolute atomic E-state index is 0.0115. The number of carbonyl (C=O) groups excluding carboxylic acids is 1. The van der Waals surface area contributed by atoms with Crippen molar-refractivity contribution in [3.8, 4) is 11.1 Å². The molecule has 0 bridgehead atoms. The minimum Gasteiger partial charge on any atom is -0.330 e. The van der Waals surface area contributed by atoms with E-state index in [1.165, 1.54) is 25.1 Å². The molecule has 1 heterocycles. The fraction of sp³-hybridized carbons (Fsp3) is 0.261. The zero-order valence-corrected chi connectivity index (χ0v) is 18.7. The highest BCUT2D eigenvalue weighted by Crippen LogP contribution is 2.33. The van der Waals surface area contributed by atoms with Crippen molar-refractivity contribution in [1.82, 2.24) is 15.3 Å². The van der Waals surface area contributed by atoms with Crippen LogP contribution in [0.15, 0.2) is 47.4 Å². The van der Waals surface area contributed by atoms with Crippen LogP contribution in [0.3, 0.4) is 0 Å². The van der Waals surface area contributed by atoms with Gasteiger partial charge in [-0.05, 0) is 55.8 Å². The quantitative estimate of drug-likeness (QED) is 0.240. The molecule has 0 fully saturated rings. The van der Waals surface area contributed by atoms with Gasteiger partial charge in [0, 0.05) is 24.0 Å². The van der Waals surface area contributed by atoms with E-state index in [2.05, 4.69) is 25.9 Å². The molecule has 0 aliphatic heterocycles. The molecule has 186 valence electrons. The molecule has 3 rings (SSSR count).